The first-order chi connectivity index (χ1) is 11.4. The maximum Gasteiger partial charge on any atom is 0.534 e. The predicted molar refractivity (Wildman–Crippen MR) is 92.8 cm³/mol. The lowest BCUT2D eigenvalue weighted by Crippen LogP contribution is -2.58. The molecule has 1 aliphatic rings. The van der Waals surface area contributed by atoms with Gasteiger partial charge in [-0.05, 0) is 41.8 Å². The van der Waals surface area contributed by atoms with Gasteiger partial charge in [-0.1, -0.05) is 48.1 Å². The molecular formula is C17H17F3O3SSi. The summed E-state index contributed by atoms with van der Waals surface area (Å²) in [6, 6.07) is 10.6. The molecule has 25 heavy (non-hydrogen) atoms. The highest BCUT2D eigenvalue weighted by molar-refractivity contribution is 7.88. The fourth-order valence-corrected chi connectivity index (χ4v) is 7.08. The van der Waals surface area contributed by atoms with E-state index in [9.17, 15) is 21.6 Å². The van der Waals surface area contributed by atoms with E-state index in [0.717, 1.165) is 16.3 Å². The van der Waals surface area contributed by atoms with E-state index in [0.29, 0.717) is 6.42 Å². The summed E-state index contributed by atoms with van der Waals surface area (Å²) in [6.07, 6.45) is 0.674. The normalized spacial score (nSPS) is 16.1. The van der Waals surface area contributed by atoms with Gasteiger partial charge in [0.1, 0.15) is 13.8 Å². The van der Waals surface area contributed by atoms with E-state index in [4.69, 9.17) is 0 Å². The summed E-state index contributed by atoms with van der Waals surface area (Å²) in [7, 11) is -7.84. The Kier molecular flexibility index (Phi) is 4.03. The highest BCUT2D eigenvalue weighted by Crippen LogP contribution is 2.28. The highest BCUT2D eigenvalue weighted by atomic mass is 32.2. The van der Waals surface area contributed by atoms with Crippen LogP contribution in [0.15, 0.2) is 36.4 Å². The van der Waals surface area contributed by atoms with E-state index in [2.05, 4.69) is 29.4 Å². The van der Waals surface area contributed by atoms with E-state index in [1.54, 1.807) is 6.07 Å². The molecule has 0 saturated carbocycles. The molecular weight excluding hydrogens is 369 g/mol. The molecule has 1 aliphatic heterocycles. The quantitative estimate of drug-likeness (QED) is 0.453. The molecule has 134 valence electrons. The summed E-state index contributed by atoms with van der Waals surface area (Å²) >= 11 is 0. The van der Waals surface area contributed by atoms with Crippen LogP contribution >= 0.6 is 0 Å². The van der Waals surface area contributed by atoms with Crippen molar-refractivity contribution in [1.82, 2.24) is 0 Å². The number of alkyl halides is 3. The first kappa shape index (κ1) is 18.0. The van der Waals surface area contributed by atoms with E-state index in [1.165, 1.54) is 22.9 Å². The van der Waals surface area contributed by atoms with Gasteiger partial charge in [0.2, 0.25) is 0 Å². The smallest absolute Gasteiger partial charge is 0.376 e. The molecule has 2 aromatic rings. The first-order valence-electron chi connectivity index (χ1n) is 7.66. The van der Waals surface area contributed by atoms with Crippen LogP contribution in [0.4, 0.5) is 13.2 Å². The molecule has 3 rings (SSSR count). The fraction of sp³-hybridized carbons (Fsp3) is 0.294. The number of hydrogen-bond acceptors (Lipinski definition) is 3. The fourth-order valence-electron chi connectivity index (χ4n) is 3.29. The summed E-state index contributed by atoms with van der Waals surface area (Å²) in [5, 5.41) is 2.12. The third-order valence-corrected chi connectivity index (χ3v) is 9.17. The van der Waals surface area contributed by atoms with Crippen molar-refractivity contribution in [2.24, 2.45) is 0 Å². The summed E-state index contributed by atoms with van der Waals surface area (Å²) in [6.45, 7) is 6.20. The van der Waals surface area contributed by atoms with Crippen molar-refractivity contribution in [2.45, 2.75) is 31.9 Å². The minimum absolute atomic E-state index is 0.298. The molecule has 0 saturated heterocycles. The zero-order valence-electron chi connectivity index (χ0n) is 13.9. The van der Waals surface area contributed by atoms with E-state index in [-0.39, 0.29) is 5.75 Å². The van der Waals surface area contributed by atoms with Gasteiger partial charge in [0.15, 0.2) is 0 Å². The molecule has 0 amide bonds. The topological polar surface area (TPSA) is 43.4 Å². The molecule has 0 radical (unpaired) electrons. The molecule has 0 fully saturated rings. The van der Waals surface area contributed by atoms with Crippen molar-refractivity contribution in [3.63, 3.8) is 0 Å². The Morgan fingerprint density at radius 2 is 1.56 bits per heavy atom. The van der Waals surface area contributed by atoms with E-state index >= 15 is 0 Å². The van der Waals surface area contributed by atoms with Gasteiger partial charge in [-0.2, -0.15) is 21.6 Å². The number of fused-ring (bicyclic) bond motifs is 2. The van der Waals surface area contributed by atoms with Gasteiger partial charge in [0, 0.05) is 0 Å². The van der Waals surface area contributed by atoms with Crippen molar-refractivity contribution in [3.8, 4) is 5.75 Å². The molecule has 0 unspecified atom stereocenters. The lowest BCUT2D eigenvalue weighted by Gasteiger charge is -2.34. The Morgan fingerprint density at radius 3 is 2.16 bits per heavy atom. The lowest BCUT2D eigenvalue weighted by atomic mass is 10.0. The standard InChI is InChI=1S/C17H17F3O3SSi/c1-11-4-5-12-9-13-6-7-14(23-24(21,22)17(18,19)20)10-16(13)25(2,3)15(12)8-11/h4-8,10H,9H2,1-3H3. The monoisotopic (exact) mass is 386 g/mol. The molecule has 0 atom stereocenters. The molecule has 0 aliphatic carbocycles. The zero-order chi connectivity index (χ0) is 18.6. The summed E-state index contributed by atoms with van der Waals surface area (Å²) < 4.78 is 64.5. The minimum atomic E-state index is -5.67. The second kappa shape index (κ2) is 5.60. The van der Waals surface area contributed by atoms with Crippen LogP contribution in [0.2, 0.25) is 13.1 Å². The maximum absolute atomic E-state index is 12.5. The third-order valence-electron chi connectivity index (χ3n) is 4.56. The van der Waals surface area contributed by atoms with Crippen molar-refractivity contribution in [1.29, 1.82) is 0 Å². The van der Waals surface area contributed by atoms with Crippen molar-refractivity contribution < 1.29 is 25.8 Å². The van der Waals surface area contributed by atoms with Crippen LogP contribution in [0.25, 0.3) is 0 Å². The van der Waals surface area contributed by atoms with Gasteiger partial charge in [-0.3, -0.25) is 0 Å². The molecule has 3 nitrogen and oxygen atoms in total. The Balaban J connectivity index is 2.06. The number of rotatable bonds is 2. The number of aryl methyl sites for hydroxylation is 1. The van der Waals surface area contributed by atoms with Gasteiger partial charge in [0.05, 0.1) is 0 Å². The van der Waals surface area contributed by atoms with Gasteiger partial charge in [-0.25, -0.2) is 0 Å². The lowest BCUT2D eigenvalue weighted by molar-refractivity contribution is -0.0500. The number of hydrogen-bond donors (Lipinski definition) is 0. The number of benzene rings is 2. The molecule has 0 spiro atoms. The molecule has 0 aromatic heterocycles. The van der Waals surface area contributed by atoms with Gasteiger partial charge in [0.25, 0.3) is 0 Å². The van der Waals surface area contributed by atoms with E-state index < -0.39 is 23.7 Å². The average molecular weight is 386 g/mol. The van der Waals surface area contributed by atoms with Gasteiger partial charge < -0.3 is 4.18 Å². The van der Waals surface area contributed by atoms with Crippen LogP contribution in [0.3, 0.4) is 0 Å². The molecule has 1 heterocycles. The van der Waals surface area contributed by atoms with E-state index in [1.807, 2.05) is 13.0 Å². The van der Waals surface area contributed by atoms with Crippen LogP contribution in [0.1, 0.15) is 16.7 Å². The van der Waals surface area contributed by atoms with Crippen LogP contribution in [-0.2, 0) is 16.5 Å². The van der Waals surface area contributed by atoms with Crippen molar-refractivity contribution >= 4 is 28.6 Å². The Bertz CT molecular complexity index is 950. The molecule has 0 N–H and O–H groups in total. The Hall–Kier alpha value is -1.80. The van der Waals surface area contributed by atoms with Crippen LogP contribution in [0, 0.1) is 6.92 Å². The Morgan fingerprint density at radius 1 is 1.00 bits per heavy atom. The summed E-state index contributed by atoms with van der Waals surface area (Å²) in [5.41, 5.74) is -2.11. The largest absolute Gasteiger partial charge is 0.534 e. The maximum atomic E-state index is 12.5. The molecule has 0 bridgehead atoms. The summed E-state index contributed by atoms with van der Waals surface area (Å²) in [5.74, 6) is -0.298. The zero-order valence-corrected chi connectivity index (χ0v) is 15.8. The van der Waals surface area contributed by atoms with Gasteiger partial charge >= 0.3 is 15.6 Å². The first-order valence-corrected chi connectivity index (χ1v) is 12.1. The summed E-state index contributed by atoms with van der Waals surface area (Å²) in [4.78, 5) is 0. The third kappa shape index (κ3) is 3.08. The average Bonchev–Trinajstić information content (AvgIpc) is 2.48. The van der Waals surface area contributed by atoms with Crippen LogP contribution in [0.5, 0.6) is 5.75 Å². The number of halogens is 3. The second-order valence-corrected chi connectivity index (χ2v) is 12.6. The van der Waals surface area contributed by atoms with Crippen LogP contribution in [-0.4, -0.2) is 22.0 Å². The minimum Gasteiger partial charge on any atom is -0.376 e. The van der Waals surface area contributed by atoms with Crippen molar-refractivity contribution in [3.05, 3.63) is 53.1 Å². The Labute approximate surface area is 145 Å². The SMILES string of the molecule is Cc1ccc2c(c1)[Si](C)(C)c1cc(OS(=O)(=O)C(F)(F)F)ccc1C2. The second-order valence-electron chi connectivity index (χ2n) is 6.76. The van der Waals surface area contributed by atoms with Gasteiger partial charge in [-0.15, -0.1) is 0 Å². The predicted octanol–water partition coefficient (Wildman–Crippen LogP) is 2.95. The molecule has 8 heteroatoms. The highest BCUT2D eigenvalue weighted by Gasteiger charge is 2.48. The van der Waals surface area contributed by atoms with Crippen molar-refractivity contribution in [2.75, 3.05) is 0 Å². The van der Waals surface area contributed by atoms with Crippen LogP contribution < -0.4 is 14.6 Å². The molecule has 2 aromatic carbocycles.